The van der Waals surface area contributed by atoms with Gasteiger partial charge in [0.2, 0.25) is 0 Å². The van der Waals surface area contributed by atoms with Crippen molar-refractivity contribution < 1.29 is 0 Å². The van der Waals surface area contributed by atoms with Gasteiger partial charge in [-0.1, -0.05) is 13.8 Å². The largest absolute Gasteiger partial charge is 0.399 e. The van der Waals surface area contributed by atoms with E-state index in [2.05, 4.69) is 23.5 Å². The summed E-state index contributed by atoms with van der Waals surface area (Å²) in [6.07, 6.45) is 3.84. The molecule has 5 nitrogen and oxygen atoms in total. The lowest BCUT2D eigenvalue weighted by atomic mass is 10.2. The number of anilines is 1. The van der Waals surface area contributed by atoms with Gasteiger partial charge in [-0.25, -0.2) is 4.98 Å². The predicted molar refractivity (Wildman–Crippen MR) is 76.3 cm³/mol. The van der Waals surface area contributed by atoms with Gasteiger partial charge >= 0.3 is 0 Å². The van der Waals surface area contributed by atoms with Crippen molar-refractivity contribution in [1.82, 2.24) is 19.3 Å². The van der Waals surface area contributed by atoms with Crippen LogP contribution in [0.2, 0.25) is 0 Å². The van der Waals surface area contributed by atoms with E-state index in [1.807, 2.05) is 37.6 Å². The summed E-state index contributed by atoms with van der Waals surface area (Å²) >= 11 is 0. The summed E-state index contributed by atoms with van der Waals surface area (Å²) in [6.45, 7) is 4.27. The molecule has 0 spiro atoms. The predicted octanol–water partition coefficient (Wildman–Crippen LogP) is 2.46. The number of nitrogen functional groups attached to an aromatic ring is 1. The number of hydrogen-bond acceptors (Lipinski definition) is 3. The van der Waals surface area contributed by atoms with Gasteiger partial charge in [0.05, 0.1) is 22.9 Å². The zero-order valence-electron chi connectivity index (χ0n) is 11.3. The van der Waals surface area contributed by atoms with E-state index in [4.69, 9.17) is 10.7 Å². The number of aromatic nitrogens is 4. The van der Waals surface area contributed by atoms with Gasteiger partial charge in [-0.2, -0.15) is 5.10 Å². The minimum Gasteiger partial charge on any atom is -0.399 e. The van der Waals surface area contributed by atoms with Gasteiger partial charge in [0.15, 0.2) is 0 Å². The van der Waals surface area contributed by atoms with Gasteiger partial charge in [0.25, 0.3) is 0 Å². The third-order valence-electron chi connectivity index (χ3n) is 3.17. The van der Waals surface area contributed by atoms with Crippen molar-refractivity contribution in [1.29, 1.82) is 0 Å². The zero-order valence-corrected chi connectivity index (χ0v) is 11.3. The summed E-state index contributed by atoms with van der Waals surface area (Å²) < 4.78 is 3.94. The minimum absolute atomic E-state index is 0.328. The molecule has 19 heavy (non-hydrogen) atoms. The van der Waals surface area contributed by atoms with Crippen molar-refractivity contribution in [2.75, 3.05) is 5.73 Å². The number of rotatable bonds is 2. The highest BCUT2D eigenvalue weighted by Crippen LogP contribution is 2.26. The normalized spacial score (nSPS) is 11.6. The molecule has 0 fully saturated rings. The topological polar surface area (TPSA) is 61.7 Å². The zero-order chi connectivity index (χ0) is 13.6. The second-order valence-corrected chi connectivity index (χ2v) is 5.08. The Hall–Kier alpha value is -2.30. The molecule has 0 saturated heterocycles. The average Bonchev–Trinajstić information content (AvgIpc) is 2.91. The molecule has 3 aromatic rings. The van der Waals surface area contributed by atoms with E-state index in [1.165, 1.54) is 0 Å². The molecule has 0 atom stereocenters. The first-order valence-electron chi connectivity index (χ1n) is 6.33. The van der Waals surface area contributed by atoms with Crippen molar-refractivity contribution in [3.63, 3.8) is 0 Å². The molecule has 0 aliphatic heterocycles. The van der Waals surface area contributed by atoms with Crippen LogP contribution >= 0.6 is 0 Å². The molecule has 2 heterocycles. The number of benzene rings is 1. The fraction of sp³-hybridized carbons (Fsp3) is 0.286. The second kappa shape index (κ2) is 4.12. The SMILES string of the molecule is CC(C)c1nc2cc(N)ccc2n1-c1cnn(C)c1. The minimum atomic E-state index is 0.328. The van der Waals surface area contributed by atoms with E-state index in [1.54, 1.807) is 4.68 Å². The fourth-order valence-corrected chi connectivity index (χ4v) is 2.30. The Balaban J connectivity index is 2.34. The monoisotopic (exact) mass is 255 g/mol. The molecular formula is C14H17N5. The third-order valence-corrected chi connectivity index (χ3v) is 3.17. The Morgan fingerprint density at radius 2 is 2.05 bits per heavy atom. The highest BCUT2D eigenvalue weighted by molar-refractivity contribution is 5.81. The molecule has 0 radical (unpaired) electrons. The van der Waals surface area contributed by atoms with Crippen molar-refractivity contribution in [2.24, 2.45) is 7.05 Å². The Kier molecular flexibility index (Phi) is 2.55. The van der Waals surface area contributed by atoms with Crippen molar-refractivity contribution in [3.05, 3.63) is 36.4 Å². The molecule has 0 aliphatic carbocycles. The van der Waals surface area contributed by atoms with Crippen LogP contribution in [0.15, 0.2) is 30.6 Å². The van der Waals surface area contributed by atoms with E-state index >= 15 is 0 Å². The standard InChI is InChI=1S/C14H17N5/c1-9(2)14-17-12-6-10(15)4-5-13(12)19(14)11-7-16-18(3)8-11/h4-9H,15H2,1-3H3. The maximum atomic E-state index is 5.84. The molecular weight excluding hydrogens is 238 g/mol. The Morgan fingerprint density at radius 3 is 2.68 bits per heavy atom. The van der Waals surface area contributed by atoms with Crippen LogP contribution in [0.4, 0.5) is 5.69 Å². The van der Waals surface area contributed by atoms with Crippen LogP contribution in [0.25, 0.3) is 16.7 Å². The maximum absolute atomic E-state index is 5.84. The maximum Gasteiger partial charge on any atom is 0.117 e. The van der Waals surface area contributed by atoms with Crippen molar-refractivity contribution in [3.8, 4) is 5.69 Å². The molecule has 0 saturated carbocycles. The highest BCUT2D eigenvalue weighted by Gasteiger charge is 2.16. The lowest BCUT2D eigenvalue weighted by molar-refractivity contribution is 0.755. The van der Waals surface area contributed by atoms with Gasteiger partial charge in [-0.15, -0.1) is 0 Å². The quantitative estimate of drug-likeness (QED) is 0.715. The molecule has 98 valence electrons. The van der Waals surface area contributed by atoms with E-state index in [0.717, 1.165) is 28.2 Å². The number of nitrogens with zero attached hydrogens (tertiary/aromatic N) is 4. The summed E-state index contributed by atoms with van der Waals surface area (Å²) in [5, 5.41) is 4.24. The van der Waals surface area contributed by atoms with E-state index in [0.29, 0.717) is 5.92 Å². The van der Waals surface area contributed by atoms with Crippen LogP contribution in [-0.2, 0) is 7.05 Å². The molecule has 0 unspecified atom stereocenters. The number of nitrogens with two attached hydrogens (primary N) is 1. The molecule has 5 heteroatoms. The first-order valence-corrected chi connectivity index (χ1v) is 6.33. The summed E-state index contributed by atoms with van der Waals surface area (Å²) in [5.74, 6) is 1.35. The van der Waals surface area contributed by atoms with Crippen LogP contribution in [0.5, 0.6) is 0 Å². The van der Waals surface area contributed by atoms with Crippen molar-refractivity contribution >= 4 is 16.7 Å². The molecule has 2 aromatic heterocycles. The average molecular weight is 255 g/mol. The molecule has 2 N–H and O–H groups in total. The lowest BCUT2D eigenvalue weighted by Gasteiger charge is -2.08. The summed E-state index contributed by atoms with van der Waals surface area (Å²) in [4.78, 5) is 4.70. The van der Waals surface area contributed by atoms with Crippen LogP contribution in [-0.4, -0.2) is 19.3 Å². The molecule has 0 bridgehead atoms. The highest BCUT2D eigenvalue weighted by atomic mass is 15.3. The Bertz CT molecular complexity index is 735. The molecule has 3 rings (SSSR count). The fourth-order valence-electron chi connectivity index (χ4n) is 2.30. The molecule has 0 amide bonds. The summed E-state index contributed by atoms with van der Waals surface area (Å²) in [5.41, 5.74) is 9.58. The summed E-state index contributed by atoms with van der Waals surface area (Å²) in [6, 6.07) is 5.83. The van der Waals surface area contributed by atoms with Crippen LogP contribution < -0.4 is 5.73 Å². The first-order chi connectivity index (χ1) is 9.06. The van der Waals surface area contributed by atoms with Gasteiger partial charge in [-0.05, 0) is 18.2 Å². The van der Waals surface area contributed by atoms with Crippen molar-refractivity contribution in [2.45, 2.75) is 19.8 Å². The van der Waals surface area contributed by atoms with Gasteiger partial charge in [-0.3, -0.25) is 9.25 Å². The Labute approximate surface area is 111 Å². The third kappa shape index (κ3) is 1.87. The molecule has 1 aromatic carbocycles. The van der Waals surface area contributed by atoms with Gasteiger partial charge < -0.3 is 5.73 Å². The smallest absolute Gasteiger partial charge is 0.117 e. The van der Waals surface area contributed by atoms with E-state index in [9.17, 15) is 0 Å². The van der Waals surface area contributed by atoms with Crippen LogP contribution in [0, 0.1) is 0 Å². The number of fused-ring (bicyclic) bond motifs is 1. The second-order valence-electron chi connectivity index (χ2n) is 5.08. The van der Waals surface area contributed by atoms with Gasteiger partial charge in [0.1, 0.15) is 5.82 Å². The van der Waals surface area contributed by atoms with Crippen LogP contribution in [0.3, 0.4) is 0 Å². The Morgan fingerprint density at radius 1 is 1.26 bits per heavy atom. The molecule has 0 aliphatic rings. The lowest BCUT2D eigenvalue weighted by Crippen LogP contribution is -2.02. The summed E-state index contributed by atoms with van der Waals surface area (Å²) in [7, 11) is 1.91. The van der Waals surface area contributed by atoms with Gasteiger partial charge in [0, 0.05) is 24.8 Å². The first kappa shape index (κ1) is 11.8. The number of hydrogen-bond donors (Lipinski definition) is 1. The van der Waals surface area contributed by atoms with E-state index in [-0.39, 0.29) is 0 Å². The number of imidazole rings is 1. The van der Waals surface area contributed by atoms with E-state index < -0.39 is 0 Å². The number of aryl methyl sites for hydroxylation is 1. The van der Waals surface area contributed by atoms with Crippen LogP contribution in [0.1, 0.15) is 25.6 Å².